The van der Waals surface area contributed by atoms with Crippen LogP contribution in [0.15, 0.2) is 72.8 Å². The van der Waals surface area contributed by atoms with Crippen LogP contribution in [-0.4, -0.2) is 17.7 Å². The van der Waals surface area contributed by atoms with Gasteiger partial charge in [0.2, 0.25) is 0 Å². The van der Waals surface area contributed by atoms with Crippen LogP contribution in [0.4, 0.5) is 15.8 Å². The van der Waals surface area contributed by atoms with Crippen molar-refractivity contribution in [2.75, 3.05) is 17.3 Å². The van der Waals surface area contributed by atoms with Crippen molar-refractivity contribution in [1.82, 2.24) is 0 Å². The summed E-state index contributed by atoms with van der Waals surface area (Å²) in [6.07, 6.45) is 0. The summed E-state index contributed by atoms with van der Waals surface area (Å²) in [6, 6.07) is 20.3. The maximum Gasteiger partial charge on any atom is 0.195 e. The molecule has 3 aromatic carbocycles. The number of carbonyl (C=O) groups excluding carboxylic acids is 1. The van der Waals surface area contributed by atoms with Gasteiger partial charge in [-0.2, -0.15) is 0 Å². The van der Waals surface area contributed by atoms with Gasteiger partial charge in [-0.25, -0.2) is 4.39 Å². The van der Waals surface area contributed by atoms with Gasteiger partial charge in [0.15, 0.2) is 5.78 Å². The lowest BCUT2D eigenvalue weighted by atomic mass is 10.0. The van der Waals surface area contributed by atoms with Gasteiger partial charge in [-0.15, -0.1) is 0 Å². The molecule has 3 nitrogen and oxygen atoms in total. The van der Waals surface area contributed by atoms with E-state index < -0.39 is 0 Å². The number of para-hydroxylation sites is 1. The molecule has 0 atom stereocenters. The van der Waals surface area contributed by atoms with Crippen LogP contribution in [0.5, 0.6) is 5.75 Å². The Labute approximate surface area is 159 Å². The molecular formula is C21H17BrFNO2. The summed E-state index contributed by atoms with van der Waals surface area (Å²) in [5.41, 5.74) is 2.46. The quantitative estimate of drug-likeness (QED) is 0.406. The van der Waals surface area contributed by atoms with Crippen molar-refractivity contribution in [2.45, 2.75) is 0 Å². The minimum atomic E-state index is -0.367. The summed E-state index contributed by atoms with van der Waals surface area (Å²) in [4.78, 5) is 12.8. The molecule has 0 radical (unpaired) electrons. The number of carbonyl (C=O) groups is 1. The smallest absolute Gasteiger partial charge is 0.195 e. The monoisotopic (exact) mass is 413 g/mol. The summed E-state index contributed by atoms with van der Waals surface area (Å²) in [6.45, 7) is 0.573. The van der Waals surface area contributed by atoms with Crippen molar-refractivity contribution in [3.63, 3.8) is 0 Å². The van der Waals surface area contributed by atoms with Gasteiger partial charge in [0.05, 0.1) is 6.61 Å². The standard InChI is InChI=1S/C21H17BrFNO2/c22-12-13-26-18-5-3-4-17(14-18)24-20-7-2-1-6-19(20)21(25)15-8-10-16(23)11-9-15/h1-11,14,24H,12-13H2. The first-order valence-corrected chi connectivity index (χ1v) is 9.24. The van der Waals surface area contributed by atoms with Crippen molar-refractivity contribution in [1.29, 1.82) is 0 Å². The third kappa shape index (κ3) is 4.49. The van der Waals surface area contributed by atoms with E-state index in [4.69, 9.17) is 4.74 Å². The molecule has 0 aliphatic carbocycles. The van der Waals surface area contributed by atoms with Crippen molar-refractivity contribution in [3.8, 4) is 5.75 Å². The van der Waals surface area contributed by atoms with Crippen LogP contribution in [0.3, 0.4) is 0 Å². The van der Waals surface area contributed by atoms with Crippen molar-refractivity contribution >= 4 is 33.1 Å². The third-order valence-corrected chi connectivity index (χ3v) is 4.06. The Hall–Kier alpha value is -2.66. The zero-order valence-electron chi connectivity index (χ0n) is 13.9. The van der Waals surface area contributed by atoms with Crippen molar-refractivity contribution < 1.29 is 13.9 Å². The highest BCUT2D eigenvalue weighted by molar-refractivity contribution is 9.09. The summed E-state index contributed by atoms with van der Waals surface area (Å²) >= 11 is 3.33. The highest BCUT2D eigenvalue weighted by atomic mass is 79.9. The molecule has 3 rings (SSSR count). The molecule has 0 aliphatic rings. The SMILES string of the molecule is O=C(c1ccc(F)cc1)c1ccccc1Nc1cccc(OCCBr)c1. The first kappa shape index (κ1) is 18.1. The van der Waals surface area contributed by atoms with E-state index in [0.717, 1.165) is 16.8 Å². The number of alkyl halides is 1. The molecule has 5 heteroatoms. The second-order valence-electron chi connectivity index (χ2n) is 5.57. The number of ketones is 1. The van der Waals surface area contributed by atoms with Gasteiger partial charge in [-0.1, -0.05) is 34.1 Å². The second kappa shape index (κ2) is 8.63. The van der Waals surface area contributed by atoms with E-state index in [9.17, 15) is 9.18 Å². The second-order valence-corrected chi connectivity index (χ2v) is 6.36. The molecule has 26 heavy (non-hydrogen) atoms. The minimum Gasteiger partial charge on any atom is -0.493 e. The van der Waals surface area contributed by atoms with E-state index in [2.05, 4.69) is 21.2 Å². The number of rotatable bonds is 7. The number of ether oxygens (including phenoxy) is 1. The first-order valence-electron chi connectivity index (χ1n) is 8.12. The number of hydrogen-bond donors (Lipinski definition) is 1. The number of nitrogens with one attached hydrogen (secondary N) is 1. The van der Waals surface area contributed by atoms with Gasteiger partial charge in [0.25, 0.3) is 0 Å². The Kier molecular flexibility index (Phi) is 6.02. The van der Waals surface area contributed by atoms with E-state index in [1.165, 1.54) is 24.3 Å². The van der Waals surface area contributed by atoms with E-state index in [1.807, 2.05) is 36.4 Å². The first-order chi connectivity index (χ1) is 12.7. The highest BCUT2D eigenvalue weighted by Gasteiger charge is 2.13. The van der Waals surface area contributed by atoms with Gasteiger partial charge in [-0.3, -0.25) is 4.79 Å². The average Bonchev–Trinajstić information content (AvgIpc) is 2.67. The molecule has 0 bridgehead atoms. The van der Waals surface area contributed by atoms with E-state index >= 15 is 0 Å². The number of anilines is 2. The summed E-state index contributed by atoms with van der Waals surface area (Å²) in [5, 5.41) is 4.01. The molecular weight excluding hydrogens is 397 g/mol. The van der Waals surface area contributed by atoms with Gasteiger partial charge in [-0.05, 0) is 48.5 Å². The Morgan fingerprint density at radius 1 is 1.00 bits per heavy atom. The minimum absolute atomic E-state index is 0.167. The van der Waals surface area contributed by atoms with Gasteiger partial charge in [0.1, 0.15) is 11.6 Å². The Bertz CT molecular complexity index is 897. The molecule has 0 aliphatic heterocycles. The average molecular weight is 414 g/mol. The molecule has 132 valence electrons. The van der Waals surface area contributed by atoms with E-state index in [1.54, 1.807) is 12.1 Å². The Balaban J connectivity index is 1.85. The van der Waals surface area contributed by atoms with Gasteiger partial charge >= 0.3 is 0 Å². The fraction of sp³-hybridized carbons (Fsp3) is 0.0952. The lowest BCUT2D eigenvalue weighted by Crippen LogP contribution is -2.05. The molecule has 1 N–H and O–H groups in total. The molecule has 0 fully saturated rings. The molecule has 0 saturated carbocycles. The maximum atomic E-state index is 13.1. The largest absolute Gasteiger partial charge is 0.493 e. The van der Waals surface area contributed by atoms with Crippen LogP contribution in [0, 0.1) is 5.82 Å². The highest BCUT2D eigenvalue weighted by Crippen LogP contribution is 2.26. The zero-order valence-corrected chi connectivity index (χ0v) is 15.5. The van der Waals surface area contributed by atoms with Crippen LogP contribution in [-0.2, 0) is 0 Å². The number of hydrogen-bond acceptors (Lipinski definition) is 3. The van der Waals surface area contributed by atoms with E-state index in [-0.39, 0.29) is 11.6 Å². The lowest BCUT2D eigenvalue weighted by Gasteiger charge is -2.13. The molecule has 3 aromatic rings. The zero-order chi connectivity index (χ0) is 18.4. The van der Waals surface area contributed by atoms with Crippen LogP contribution in [0.25, 0.3) is 0 Å². The van der Waals surface area contributed by atoms with Crippen molar-refractivity contribution in [3.05, 3.63) is 89.7 Å². The third-order valence-electron chi connectivity index (χ3n) is 3.74. The topological polar surface area (TPSA) is 38.3 Å². The van der Waals surface area contributed by atoms with Crippen LogP contribution < -0.4 is 10.1 Å². The molecule has 0 saturated heterocycles. The summed E-state index contributed by atoms with van der Waals surface area (Å²) in [5.74, 6) is 0.213. The lowest BCUT2D eigenvalue weighted by molar-refractivity contribution is 0.103. The van der Waals surface area contributed by atoms with Crippen LogP contribution in [0.1, 0.15) is 15.9 Å². The van der Waals surface area contributed by atoms with Crippen LogP contribution >= 0.6 is 15.9 Å². The van der Waals surface area contributed by atoms with Crippen molar-refractivity contribution in [2.24, 2.45) is 0 Å². The number of halogens is 2. The molecule has 0 aromatic heterocycles. The molecule has 0 amide bonds. The fourth-order valence-corrected chi connectivity index (χ4v) is 2.68. The van der Waals surface area contributed by atoms with E-state index in [0.29, 0.717) is 23.4 Å². The Morgan fingerprint density at radius 3 is 2.54 bits per heavy atom. The summed E-state index contributed by atoms with van der Waals surface area (Å²) in [7, 11) is 0. The molecule has 0 spiro atoms. The van der Waals surface area contributed by atoms with Crippen LogP contribution in [0.2, 0.25) is 0 Å². The molecule has 0 heterocycles. The Morgan fingerprint density at radius 2 is 1.77 bits per heavy atom. The van der Waals surface area contributed by atoms with Gasteiger partial charge in [0, 0.05) is 33.9 Å². The maximum absolute atomic E-state index is 13.1. The fourth-order valence-electron chi connectivity index (χ4n) is 2.52. The molecule has 0 unspecified atom stereocenters. The summed E-state index contributed by atoms with van der Waals surface area (Å²) < 4.78 is 18.7. The predicted octanol–water partition coefficient (Wildman–Crippen LogP) is 5.57. The normalized spacial score (nSPS) is 10.4. The van der Waals surface area contributed by atoms with Gasteiger partial charge < -0.3 is 10.1 Å². The number of benzene rings is 3. The predicted molar refractivity (Wildman–Crippen MR) is 105 cm³/mol.